The second-order valence-corrected chi connectivity index (χ2v) is 9.44. The number of thiazole rings is 1. The Labute approximate surface area is 199 Å². The van der Waals surface area contributed by atoms with E-state index in [9.17, 15) is 9.59 Å². The summed E-state index contributed by atoms with van der Waals surface area (Å²) in [4.78, 5) is 25.3. The Morgan fingerprint density at radius 3 is 2.52 bits per heavy atom. The second-order valence-electron chi connectivity index (χ2n) is 7.32. The molecule has 2 aromatic carbocycles. The third kappa shape index (κ3) is 5.53. The number of aliphatic carboxylic acids is 2. The molecule has 0 fully saturated rings. The quantitative estimate of drug-likeness (QED) is 0.326. The Bertz CT molecular complexity index is 1280. The first-order chi connectivity index (χ1) is 16.0. The van der Waals surface area contributed by atoms with Crippen LogP contribution in [0.2, 0.25) is 0 Å². The van der Waals surface area contributed by atoms with Gasteiger partial charge in [-0.15, -0.1) is 0 Å². The highest BCUT2D eigenvalue weighted by atomic mass is 32.2. The Kier molecular flexibility index (Phi) is 7.26. The van der Waals surface area contributed by atoms with Crippen molar-refractivity contribution in [2.24, 2.45) is 0 Å². The number of carbonyl (C=O) groups is 2. The molecule has 33 heavy (non-hydrogen) atoms. The van der Waals surface area contributed by atoms with E-state index in [0.717, 1.165) is 30.8 Å². The molecule has 4 rings (SSSR count). The van der Waals surface area contributed by atoms with Gasteiger partial charge < -0.3 is 15.1 Å². The van der Waals surface area contributed by atoms with Gasteiger partial charge in [0.15, 0.2) is 6.54 Å². The molecule has 0 radical (unpaired) electrons. The van der Waals surface area contributed by atoms with E-state index >= 15 is 0 Å². The molecular formula is C25H23N2O4S2+. The fourth-order valence-electron chi connectivity index (χ4n) is 3.57. The Hall–Kier alpha value is -3.36. The van der Waals surface area contributed by atoms with Crippen molar-refractivity contribution in [3.05, 3.63) is 82.9 Å². The molecule has 0 saturated heterocycles. The number of carboxylic acids is 2. The molecule has 1 aliphatic heterocycles. The van der Waals surface area contributed by atoms with Gasteiger partial charge >= 0.3 is 11.9 Å². The zero-order valence-corrected chi connectivity index (χ0v) is 19.4. The zero-order valence-electron chi connectivity index (χ0n) is 17.8. The molecule has 8 heteroatoms. The number of thioether (sulfide) groups is 1. The molecule has 0 unspecified atom stereocenters. The average molecular weight is 480 g/mol. The minimum absolute atomic E-state index is 0.0676. The van der Waals surface area contributed by atoms with E-state index in [1.807, 2.05) is 88.4 Å². The maximum Gasteiger partial charge on any atom is 0.309 e. The van der Waals surface area contributed by atoms with Gasteiger partial charge in [0.2, 0.25) is 5.52 Å². The second kappa shape index (κ2) is 10.5. The first kappa shape index (κ1) is 22.8. The van der Waals surface area contributed by atoms with E-state index in [4.69, 9.17) is 10.2 Å². The summed E-state index contributed by atoms with van der Waals surface area (Å²) >= 11 is 3.25. The van der Waals surface area contributed by atoms with Gasteiger partial charge in [0.1, 0.15) is 11.1 Å². The van der Waals surface area contributed by atoms with E-state index in [1.165, 1.54) is 0 Å². The monoisotopic (exact) mass is 479 g/mol. The molecule has 0 bridgehead atoms. The molecule has 1 aromatic heterocycles. The molecule has 0 saturated carbocycles. The third-order valence-electron chi connectivity index (χ3n) is 5.07. The molecule has 2 heterocycles. The van der Waals surface area contributed by atoms with E-state index in [0.29, 0.717) is 13.1 Å². The van der Waals surface area contributed by atoms with Crippen molar-refractivity contribution in [1.29, 1.82) is 0 Å². The van der Waals surface area contributed by atoms with Gasteiger partial charge in [0.05, 0.1) is 17.1 Å². The fraction of sp³-hybridized carbons (Fsp3) is 0.160. The van der Waals surface area contributed by atoms with Gasteiger partial charge in [-0.05, 0) is 24.3 Å². The third-order valence-corrected chi connectivity index (χ3v) is 7.33. The summed E-state index contributed by atoms with van der Waals surface area (Å²) in [6.07, 6.45) is 9.91. The van der Waals surface area contributed by atoms with Crippen molar-refractivity contribution < 1.29 is 24.4 Å². The van der Waals surface area contributed by atoms with Gasteiger partial charge in [0.25, 0.3) is 5.01 Å². The molecule has 0 aliphatic carbocycles. The number of carboxylic acid groups (broad SMARTS) is 2. The van der Waals surface area contributed by atoms with Gasteiger partial charge in [-0.25, -0.2) is 0 Å². The molecular weight excluding hydrogens is 456 g/mol. The lowest BCUT2D eigenvalue weighted by Crippen LogP contribution is -2.36. The minimum atomic E-state index is -0.818. The van der Waals surface area contributed by atoms with Crippen LogP contribution in [0.1, 0.15) is 17.8 Å². The van der Waals surface area contributed by atoms with Gasteiger partial charge in [-0.1, -0.05) is 65.6 Å². The number of fused-ring (bicyclic) bond motifs is 2. The number of hydrogen-bond acceptors (Lipinski definition) is 5. The average Bonchev–Trinajstić information content (AvgIpc) is 3.33. The number of aromatic nitrogens is 1. The summed E-state index contributed by atoms with van der Waals surface area (Å²) in [5.41, 5.74) is 2.06. The number of hydrogen-bond donors (Lipinski definition) is 2. The van der Waals surface area contributed by atoms with Crippen LogP contribution < -0.4 is 9.47 Å². The highest BCUT2D eigenvalue weighted by Crippen LogP contribution is 2.45. The standard InChI is InChI=1S/C25H22N2O4S2/c28-24(29)14-16-26-18-8-4-6-10-20(18)32-22(26)12-2-1-3-13-23-27(17-15-25(30)31)19-9-5-7-11-21(19)33-23/h1-13H,14-17H2,(H-,28,29,30,31)/p+1. The lowest BCUT2D eigenvalue weighted by Gasteiger charge is -2.19. The molecule has 6 nitrogen and oxygen atoms in total. The smallest absolute Gasteiger partial charge is 0.309 e. The zero-order chi connectivity index (χ0) is 23.2. The lowest BCUT2D eigenvalue weighted by molar-refractivity contribution is -0.667. The van der Waals surface area contributed by atoms with Crippen LogP contribution in [0.25, 0.3) is 16.3 Å². The number of allylic oxidation sites excluding steroid dienone is 4. The van der Waals surface area contributed by atoms with E-state index < -0.39 is 11.9 Å². The van der Waals surface area contributed by atoms with E-state index in [2.05, 4.69) is 0 Å². The van der Waals surface area contributed by atoms with Crippen molar-refractivity contribution >= 4 is 57.0 Å². The highest BCUT2D eigenvalue weighted by Gasteiger charge is 2.24. The molecule has 2 N–H and O–H groups in total. The predicted molar refractivity (Wildman–Crippen MR) is 132 cm³/mol. The largest absolute Gasteiger partial charge is 0.481 e. The minimum Gasteiger partial charge on any atom is -0.481 e. The van der Waals surface area contributed by atoms with Crippen molar-refractivity contribution in [2.75, 3.05) is 11.4 Å². The number of anilines is 1. The van der Waals surface area contributed by atoms with Crippen LogP contribution in [0.3, 0.4) is 0 Å². The normalized spacial score (nSPS) is 14.7. The number of benzene rings is 2. The van der Waals surface area contributed by atoms with Crippen LogP contribution in [-0.4, -0.2) is 28.7 Å². The molecule has 1 aliphatic rings. The summed E-state index contributed by atoms with van der Waals surface area (Å²) in [5, 5.41) is 20.2. The Morgan fingerprint density at radius 1 is 0.939 bits per heavy atom. The lowest BCUT2D eigenvalue weighted by atomic mass is 10.2. The molecule has 0 amide bonds. The van der Waals surface area contributed by atoms with E-state index in [-0.39, 0.29) is 12.8 Å². The topological polar surface area (TPSA) is 81.7 Å². The summed E-state index contributed by atoms with van der Waals surface area (Å²) < 4.78 is 3.15. The van der Waals surface area contributed by atoms with Crippen molar-refractivity contribution in [2.45, 2.75) is 24.3 Å². The predicted octanol–water partition coefficient (Wildman–Crippen LogP) is 5.16. The van der Waals surface area contributed by atoms with Gasteiger partial charge in [-0.2, -0.15) is 4.57 Å². The summed E-state index contributed by atoms with van der Waals surface area (Å²) in [6, 6.07) is 16.0. The maximum atomic E-state index is 11.1. The summed E-state index contributed by atoms with van der Waals surface area (Å²) in [6.45, 7) is 0.834. The molecule has 0 atom stereocenters. The Morgan fingerprint density at radius 2 is 1.70 bits per heavy atom. The molecule has 168 valence electrons. The first-order valence-electron chi connectivity index (χ1n) is 10.5. The van der Waals surface area contributed by atoms with Crippen molar-refractivity contribution in [1.82, 2.24) is 0 Å². The Balaban J connectivity index is 1.51. The van der Waals surface area contributed by atoms with Crippen LogP contribution in [0.4, 0.5) is 5.69 Å². The number of para-hydroxylation sites is 2. The van der Waals surface area contributed by atoms with Crippen molar-refractivity contribution in [3.8, 4) is 0 Å². The first-order valence-corrected chi connectivity index (χ1v) is 12.1. The van der Waals surface area contributed by atoms with Crippen molar-refractivity contribution in [3.63, 3.8) is 0 Å². The number of rotatable bonds is 9. The molecule has 3 aromatic rings. The van der Waals surface area contributed by atoms with Crippen LogP contribution in [0, 0.1) is 0 Å². The SMILES string of the molecule is O=C(O)CCN1/C(=C/C=C/C=C/c2sc3ccccc3[n+]2CCC(=O)O)Sc2ccccc21. The summed E-state index contributed by atoms with van der Waals surface area (Å²) in [7, 11) is 0. The summed E-state index contributed by atoms with van der Waals surface area (Å²) in [5.74, 6) is -1.64. The van der Waals surface area contributed by atoms with Gasteiger partial charge in [-0.3, -0.25) is 9.59 Å². The van der Waals surface area contributed by atoms with Crippen LogP contribution >= 0.6 is 23.1 Å². The molecule has 0 spiro atoms. The maximum absolute atomic E-state index is 11.1. The van der Waals surface area contributed by atoms with Crippen LogP contribution in [0.5, 0.6) is 0 Å². The van der Waals surface area contributed by atoms with E-state index in [1.54, 1.807) is 23.1 Å². The fourth-order valence-corrected chi connectivity index (χ4v) is 5.77. The number of aryl methyl sites for hydroxylation is 1. The van der Waals surface area contributed by atoms with Crippen LogP contribution in [0.15, 0.2) is 82.8 Å². The highest BCUT2D eigenvalue weighted by molar-refractivity contribution is 8.03. The van der Waals surface area contributed by atoms with Crippen LogP contribution in [-0.2, 0) is 16.1 Å². The van der Waals surface area contributed by atoms with Gasteiger partial charge in [0, 0.05) is 23.6 Å². The number of nitrogens with zero attached hydrogens (tertiary/aromatic N) is 2.